The third-order valence-corrected chi connectivity index (χ3v) is 4.29. The Morgan fingerprint density at radius 2 is 2.14 bits per heavy atom. The fraction of sp³-hybridized carbons (Fsp3) is 0.357. The predicted molar refractivity (Wildman–Crippen MR) is 87.9 cm³/mol. The lowest BCUT2D eigenvalue weighted by molar-refractivity contribution is -0.120. The smallest absolute Gasteiger partial charge is 0.236 e. The Hall–Kier alpha value is -1.56. The van der Waals surface area contributed by atoms with Gasteiger partial charge in [-0.05, 0) is 18.2 Å². The molecule has 0 heterocycles. The van der Waals surface area contributed by atoms with E-state index in [0.717, 1.165) is 15.0 Å². The van der Waals surface area contributed by atoms with Crippen LogP contribution in [0.1, 0.15) is 0 Å². The number of nitrogens with one attached hydrogen (secondary N) is 1. The summed E-state index contributed by atoms with van der Waals surface area (Å²) in [5, 5.41) is 2.51. The highest BCUT2D eigenvalue weighted by Crippen LogP contribution is 2.17. The van der Waals surface area contributed by atoms with Crippen molar-refractivity contribution in [1.82, 2.24) is 9.62 Å². The maximum absolute atomic E-state index is 11.5. The Morgan fingerprint density at radius 3 is 2.77 bits per heavy atom. The van der Waals surface area contributed by atoms with Crippen LogP contribution in [0.25, 0.3) is 0 Å². The predicted octanol–water partition coefficient (Wildman–Crippen LogP) is 0.839. The van der Waals surface area contributed by atoms with Gasteiger partial charge in [0, 0.05) is 11.5 Å². The van der Waals surface area contributed by atoms with Crippen molar-refractivity contribution in [2.75, 3.05) is 33.0 Å². The molecule has 0 bridgehead atoms. The number of rotatable bonds is 6. The van der Waals surface area contributed by atoms with Gasteiger partial charge in [-0.2, -0.15) is 4.31 Å². The summed E-state index contributed by atoms with van der Waals surface area (Å²) in [5.74, 6) is 5.77. The number of sulfonamides is 1. The largest absolute Gasteiger partial charge is 0.481 e. The lowest BCUT2D eigenvalue weighted by atomic mass is 10.3. The standard InChI is InChI=1S/C14H17BrN2O4S/c1-17(22(2,19)20)11-14(18)16-8-3-4-9-21-13-7-5-6-12(15)10-13/h5-7,10H,8-9,11H2,1-2H3,(H,16,18). The van der Waals surface area contributed by atoms with Crippen molar-refractivity contribution in [2.24, 2.45) is 0 Å². The fourth-order valence-electron chi connectivity index (χ4n) is 1.31. The molecule has 0 atom stereocenters. The number of amides is 1. The van der Waals surface area contributed by atoms with Crippen LogP contribution < -0.4 is 10.1 Å². The van der Waals surface area contributed by atoms with Crippen LogP contribution in [0.15, 0.2) is 28.7 Å². The molecule has 0 saturated carbocycles. The van der Waals surface area contributed by atoms with Gasteiger partial charge in [0.1, 0.15) is 12.4 Å². The van der Waals surface area contributed by atoms with Gasteiger partial charge < -0.3 is 10.1 Å². The van der Waals surface area contributed by atoms with Crippen LogP contribution in [0.2, 0.25) is 0 Å². The third-order valence-electron chi connectivity index (χ3n) is 2.54. The van der Waals surface area contributed by atoms with Gasteiger partial charge in [-0.3, -0.25) is 4.79 Å². The summed E-state index contributed by atoms with van der Waals surface area (Å²) in [7, 11) is -2.02. The van der Waals surface area contributed by atoms with Gasteiger partial charge in [-0.25, -0.2) is 8.42 Å². The molecule has 0 unspecified atom stereocenters. The van der Waals surface area contributed by atoms with Gasteiger partial charge in [-0.15, -0.1) is 0 Å². The highest BCUT2D eigenvalue weighted by Gasteiger charge is 2.14. The number of ether oxygens (including phenoxy) is 1. The minimum absolute atomic E-state index is 0.137. The minimum atomic E-state index is -3.36. The number of carbonyl (C=O) groups excluding carboxylic acids is 1. The van der Waals surface area contributed by atoms with Gasteiger partial charge in [0.05, 0.1) is 19.3 Å². The summed E-state index contributed by atoms with van der Waals surface area (Å²) < 4.78 is 29.6. The summed E-state index contributed by atoms with van der Waals surface area (Å²) in [4.78, 5) is 11.5. The van der Waals surface area contributed by atoms with Crippen LogP contribution >= 0.6 is 15.9 Å². The Morgan fingerprint density at radius 1 is 1.41 bits per heavy atom. The molecule has 0 aliphatic carbocycles. The average Bonchev–Trinajstić information content (AvgIpc) is 2.41. The molecule has 6 nitrogen and oxygen atoms in total. The van der Waals surface area contributed by atoms with E-state index in [1.807, 2.05) is 24.3 Å². The van der Waals surface area contributed by atoms with E-state index in [2.05, 4.69) is 33.1 Å². The van der Waals surface area contributed by atoms with Gasteiger partial charge >= 0.3 is 0 Å². The van der Waals surface area contributed by atoms with Crippen molar-refractivity contribution < 1.29 is 17.9 Å². The number of nitrogens with zero attached hydrogens (tertiary/aromatic N) is 1. The van der Waals surface area contributed by atoms with Crippen molar-refractivity contribution in [2.45, 2.75) is 0 Å². The molecular weight excluding hydrogens is 372 g/mol. The van der Waals surface area contributed by atoms with E-state index in [9.17, 15) is 13.2 Å². The van der Waals surface area contributed by atoms with Gasteiger partial charge in [0.2, 0.25) is 15.9 Å². The van der Waals surface area contributed by atoms with Gasteiger partial charge in [0.15, 0.2) is 0 Å². The lowest BCUT2D eigenvalue weighted by Gasteiger charge is -2.12. The van der Waals surface area contributed by atoms with Crippen molar-refractivity contribution in [3.05, 3.63) is 28.7 Å². The molecule has 22 heavy (non-hydrogen) atoms. The van der Waals surface area contributed by atoms with Gasteiger partial charge in [-0.1, -0.05) is 33.8 Å². The number of hydrogen-bond acceptors (Lipinski definition) is 4. The summed E-state index contributed by atoms with van der Waals surface area (Å²) in [6, 6.07) is 7.38. The van der Waals surface area contributed by atoms with Crippen molar-refractivity contribution in [3.8, 4) is 17.6 Å². The number of benzene rings is 1. The monoisotopic (exact) mass is 388 g/mol. The molecule has 1 amide bonds. The van der Waals surface area contributed by atoms with Crippen LogP contribution in [-0.4, -0.2) is 51.6 Å². The first-order chi connectivity index (χ1) is 10.3. The highest BCUT2D eigenvalue weighted by atomic mass is 79.9. The summed E-state index contributed by atoms with van der Waals surface area (Å²) >= 11 is 3.34. The molecule has 0 fully saturated rings. The van der Waals surface area contributed by atoms with Gasteiger partial charge in [0.25, 0.3) is 0 Å². The highest BCUT2D eigenvalue weighted by molar-refractivity contribution is 9.10. The SMILES string of the molecule is CN(CC(=O)NCC#CCOc1cccc(Br)c1)S(C)(=O)=O. The molecular formula is C14H17BrN2O4S. The first-order valence-electron chi connectivity index (χ1n) is 6.31. The zero-order chi connectivity index (χ0) is 16.6. The van der Waals surface area contributed by atoms with E-state index in [4.69, 9.17) is 4.74 Å². The Kier molecular flexibility index (Phi) is 7.38. The number of carbonyl (C=O) groups is 1. The maximum atomic E-state index is 11.5. The van der Waals surface area contributed by atoms with Crippen LogP contribution in [-0.2, 0) is 14.8 Å². The molecule has 120 valence electrons. The summed E-state index contributed by atoms with van der Waals surface area (Å²) in [6.07, 6.45) is 1.04. The van der Waals surface area contributed by atoms with Crippen LogP contribution in [0.5, 0.6) is 5.75 Å². The second-order valence-electron chi connectivity index (χ2n) is 4.40. The van der Waals surface area contributed by atoms with E-state index in [1.54, 1.807) is 0 Å². The van der Waals surface area contributed by atoms with E-state index in [0.29, 0.717) is 5.75 Å². The molecule has 1 rings (SSSR count). The lowest BCUT2D eigenvalue weighted by Crippen LogP contribution is -2.37. The zero-order valence-corrected chi connectivity index (χ0v) is 14.7. The van der Waals surface area contributed by atoms with Crippen LogP contribution in [0.4, 0.5) is 0 Å². The molecule has 0 aromatic heterocycles. The average molecular weight is 389 g/mol. The molecule has 0 saturated heterocycles. The van der Waals surface area contributed by atoms with Crippen LogP contribution in [0, 0.1) is 11.8 Å². The Balaban J connectivity index is 2.26. The van der Waals surface area contributed by atoms with E-state index in [1.165, 1.54) is 7.05 Å². The van der Waals surface area contributed by atoms with Crippen molar-refractivity contribution in [3.63, 3.8) is 0 Å². The van der Waals surface area contributed by atoms with Crippen LogP contribution in [0.3, 0.4) is 0 Å². The Labute approximate surface area is 139 Å². The normalized spacial score (nSPS) is 10.7. The molecule has 1 aromatic carbocycles. The van der Waals surface area contributed by atoms with E-state index < -0.39 is 15.9 Å². The molecule has 0 radical (unpaired) electrons. The van der Waals surface area contributed by atoms with Crippen molar-refractivity contribution >= 4 is 31.9 Å². The number of halogens is 1. The number of likely N-dealkylation sites (N-methyl/N-ethyl adjacent to an activating group) is 1. The second-order valence-corrected chi connectivity index (χ2v) is 7.40. The maximum Gasteiger partial charge on any atom is 0.236 e. The number of hydrogen-bond donors (Lipinski definition) is 1. The molecule has 0 aliphatic rings. The Bertz CT molecular complexity index is 680. The topological polar surface area (TPSA) is 75.7 Å². The molecule has 0 spiro atoms. The first kappa shape index (κ1) is 18.5. The van der Waals surface area contributed by atoms with E-state index >= 15 is 0 Å². The zero-order valence-electron chi connectivity index (χ0n) is 12.3. The van der Waals surface area contributed by atoms with E-state index in [-0.39, 0.29) is 19.7 Å². The minimum Gasteiger partial charge on any atom is -0.481 e. The summed E-state index contributed by atoms with van der Waals surface area (Å²) in [6.45, 7) is 0.114. The fourth-order valence-corrected chi connectivity index (χ4v) is 2.04. The molecule has 1 aromatic rings. The summed E-state index contributed by atoms with van der Waals surface area (Å²) in [5.41, 5.74) is 0. The quantitative estimate of drug-likeness (QED) is 0.732. The molecule has 0 aliphatic heterocycles. The molecule has 1 N–H and O–H groups in total. The second kappa shape index (κ2) is 8.78. The molecule has 8 heteroatoms. The first-order valence-corrected chi connectivity index (χ1v) is 8.95. The van der Waals surface area contributed by atoms with Crippen molar-refractivity contribution in [1.29, 1.82) is 0 Å². The third kappa shape index (κ3) is 7.45.